The highest BCUT2D eigenvalue weighted by molar-refractivity contribution is 5.42. The van der Waals surface area contributed by atoms with E-state index in [0.717, 1.165) is 31.2 Å². The minimum absolute atomic E-state index is 0.509. The van der Waals surface area contributed by atoms with E-state index in [2.05, 4.69) is 18.3 Å². The number of nitrogens with one attached hydrogen (secondary N) is 1. The fraction of sp³-hybridized carbons (Fsp3) is 0.600. The first-order valence-electron chi connectivity index (χ1n) is 6.70. The Bertz CT molecular complexity index is 368. The lowest BCUT2D eigenvalue weighted by Crippen LogP contribution is -2.23. The Kier molecular flexibility index (Phi) is 7.30. The van der Waals surface area contributed by atoms with Gasteiger partial charge >= 0.3 is 0 Å². The van der Waals surface area contributed by atoms with Crippen LogP contribution in [0, 0.1) is 5.92 Å². The Morgan fingerprint density at radius 3 is 2.63 bits per heavy atom. The van der Waals surface area contributed by atoms with Crippen molar-refractivity contribution in [2.75, 3.05) is 34.0 Å². The molecule has 0 heterocycles. The summed E-state index contributed by atoms with van der Waals surface area (Å²) in [5.41, 5.74) is 1.19. The molecule has 108 valence electrons. The standard InChI is InChI=1S/C15H25NO3/c1-5-19-14-7-6-13(8-15(14)18-4)10-16-9-12(2)11-17-3/h6-8,12,16H,5,9-11H2,1-4H3. The van der Waals surface area contributed by atoms with Crippen LogP contribution in [-0.4, -0.2) is 34.0 Å². The van der Waals surface area contributed by atoms with E-state index in [-0.39, 0.29) is 0 Å². The van der Waals surface area contributed by atoms with E-state index in [4.69, 9.17) is 14.2 Å². The molecule has 1 atom stereocenters. The van der Waals surface area contributed by atoms with Gasteiger partial charge in [0.1, 0.15) is 0 Å². The highest BCUT2D eigenvalue weighted by Crippen LogP contribution is 2.27. The summed E-state index contributed by atoms with van der Waals surface area (Å²) >= 11 is 0. The van der Waals surface area contributed by atoms with Crippen LogP contribution >= 0.6 is 0 Å². The van der Waals surface area contributed by atoms with Crippen molar-refractivity contribution in [1.29, 1.82) is 0 Å². The summed E-state index contributed by atoms with van der Waals surface area (Å²) in [6.45, 7) is 7.30. The third-order valence-corrected chi connectivity index (χ3v) is 2.80. The van der Waals surface area contributed by atoms with Crippen molar-refractivity contribution in [3.05, 3.63) is 23.8 Å². The monoisotopic (exact) mass is 267 g/mol. The molecule has 0 radical (unpaired) electrons. The molecule has 0 aliphatic rings. The van der Waals surface area contributed by atoms with E-state index in [1.54, 1.807) is 14.2 Å². The van der Waals surface area contributed by atoms with Crippen molar-refractivity contribution >= 4 is 0 Å². The van der Waals surface area contributed by atoms with Gasteiger partial charge in [-0.25, -0.2) is 0 Å². The third kappa shape index (κ3) is 5.49. The summed E-state index contributed by atoms with van der Waals surface area (Å²) in [7, 11) is 3.39. The molecule has 0 bridgehead atoms. The Balaban J connectivity index is 2.50. The summed E-state index contributed by atoms with van der Waals surface area (Å²) in [6, 6.07) is 6.03. The molecule has 1 rings (SSSR count). The van der Waals surface area contributed by atoms with Crippen LogP contribution in [0.5, 0.6) is 11.5 Å². The predicted molar refractivity (Wildman–Crippen MR) is 76.9 cm³/mol. The van der Waals surface area contributed by atoms with Crippen LogP contribution in [-0.2, 0) is 11.3 Å². The first kappa shape index (κ1) is 15.8. The smallest absolute Gasteiger partial charge is 0.161 e. The lowest BCUT2D eigenvalue weighted by Gasteiger charge is -2.13. The number of benzene rings is 1. The number of methoxy groups -OCH3 is 2. The number of hydrogen-bond donors (Lipinski definition) is 1. The van der Waals surface area contributed by atoms with Crippen LogP contribution in [0.2, 0.25) is 0 Å². The van der Waals surface area contributed by atoms with Crippen molar-refractivity contribution in [2.45, 2.75) is 20.4 Å². The molecular weight excluding hydrogens is 242 g/mol. The molecule has 0 amide bonds. The molecule has 4 nitrogen and oxygen atoms in total. The van der Waals surface area contributed by atoms with Crippen molar-refractivity contribution in [1.82, 2.24) is 5.32 Å². The Hall–Kier alpha value is -1.26. The summed E-state index contributed by atoms with van der Waals surface area (Å²) in [5.74, 6) is 2.09. The van der Waals surface area contributed by atoms with E-state index in [9.17, 15) is 0 Å². The Labute approximate surface area is 116 Å². The second-order valence-electron chi connectivity index (χ2n) is 4.61. The fourth-order valence-corrected chi connectivity index (χ4v) is 1.90. The molecule has 19 heavy (non-hydrogen) atoms. The zero-order chi connectivity index (χ0) is 14.1. The van der Waals surface area contributed by atoms with E-state index in [1.807, 2.05) is 19.1 Å². The topological polar surface area (TPSA) is 39.7 Å². The second kappa shape index (κ2) is 8.77. The van der Waals surface area contributed by atoms with Gasteiger partial charge in [0.25, 0.3) is 0 Å². The zero-order valence-electron chi connectivity index (χ0n) is 12.4. The molecule has 1 unspecified atom stereocenters. The maximum absolute atomic E-state index is 5.50. The van der Waals surface area contributed by atoms with E-state index < -0.39 is 0 Å². The fourth-order valence-electron chi connectivity index (χ4n) is 1.90. The van der Waals surface area contributed by atoms with Gasteiger partial charge in [0.15, 0.2) is 11.5 Å². The number of ether oxygens (including phenoxy) is 3. The molecule has 0 aliphatic carbocycles. The molecule has 1 N–H and O–H groups in total. The van der Waals surface area contributed by atoms with E-state index in [1.165, 1.54) is 5.56 Å². The molecule has 0 spiro atoms. The maximum Gasteiger partial charge on any atom is 0.161 e. The Morgan fingerprint density at radius 2 is 2.00 bits per heavy atom. The van der Waals surface area contributed by atoms with Gasteiger partial charge in [0.05, 0.1) is 13.7 Å². The van der Waals surface area contributed by atoms with Crippen LogP contribution in [0.3, 0.4) is 0 Å². The zero-order valence-corrected chi connectivity index (χ0v) is 12.4. The average molecular weight is 267 g/mol. The van der Waals surface area contributed by atoms with Gasteiger partial charge in [-0.3, -0.25) is 0 Å². The van der Waals surface area contributed by atoms with Gasteiger partial charge in [-0.05, 0) is 30.5 Å². The van der Waals surface area contributed by atoms with Crippen molar-refractivity contribution in [3.8, 4) is 11.5 Å². The SMILES string of the molecule is CCOc1ccc(CNCC(C)COC)cc1OC. The molecule has 0 saturated carbocycles. The first-order chi connectivity index (χ1) is 9.21. The van der Waals surface area contributed by atoms with Gasteiger partial charge in [-0.15, -0.1) is 0 Å². The van der Waals surface area contributed by atoms with Crippen LogP contribution in [0.1, 0.15) is 19.4 Å². The van der Waals surface area contributed by atoms with Crippen LogP contribution in [0.4, 0.5) is 0 Å². The molecule has 4 heteroatoms. The highest BCUT2D eigenvalue weighted by Gasteiger charge is 2.06. The van der Waals surface area contributed by atoms with Crippen LogP contribution in [0.15, 0.2) is 18.2 Å². The van der Waals surface area contributed by atoms with Gasteiger partial charge in [-0.2, -0.15) is 0 Å². The van der Waals surface area contributed by atoms with Gasteiger partial charge < -0.3 is 19.5 Å². The number of rotatable bonds is 9. The van der Waals surface area contributed by atoms with Crippen molar-refractivity contribution in [3.63, 3.8) is 0 Å². The summed E-state index contributed by atoms with van der Waals surface area (Å²) in [5, 5.41) is 3.41. The summed E-state index contributed by atoms with van der Waals surface area (Å²) in [6.07, 6.45) is 0. The summed E-state index contributed by atoms with van der Waals surface area (Å²) in [4.78, 5) is 0. The predicted octanol–water partition coefficient (Wildman–Crippen LogP) is 2.47. The van der Waals surface area contributed by atoms with Gasteiger partial charge in [0, 0.05) is 26.8 Å². The third-order valence-electron chi connectivity index (χ3n) is 2.80. The number of hydrogen-bond acceptors (Lipinski definition) is 4. The maximum atomic E-state index is 5.50. The summed E-state index contributed by atoms with van der Waals surface area (Å²) < 4.78 is 15.9. The average Bonchev–Trinajstić information content (AvgIpc) is 2.41. The molecule has 0 fully saturated rings. The highest BCUT2D eigenvalue weighted by atomic mass is 16.5. The molecule has 0 aliphatic heterocycles. The molecule has 0 saturated heterocycles. The lowest BCUT2D eigenvalue weighted by atomic mass is 10.1. The lowest BCUT2D eigenvalue weighted by molar-refractivity contribution is 0.158. The van der Waals surface area contributed by atoms with Crippen LogP contribution in [0.25, 0.3) is 0 Å². The first-order valence-corrected chi connectivity index (χ1v) is 6.70. The molecular formula is C15H25NO3. The largest absolute Gasteiger partial charge is 0.493 e. The van der Waals surface area contributed by atoms with Gasteiger partial charge in [0.2, 0.25) is 0 Å². The molecule has 1 aromatic rings. The Morgan fingerprint density at radius 1 is 1.21 bits per heavy atom. The minimum Gasteiger partial charge on any atom is -0.493 e. The van der Waals surface area contributed by atoms with Crippen molar-refractivity contribution < 1.29 is 14.2 Å². The van der Waals surface area contributed by atoms with Crippen LogP contribution < -0.4 is 14.8 Å². The quantitative estimate of drug-likeness (QED) is 0.746. The minimum atomic E-state index is 0.509. The second-order valence-corrected chi connectivity index (χ2v) is 4.61. The molecule has 1 aromatic carbocycles. The van der Waals surface area contributed by atoms with E-state index >= 15 is 0 Å². The van der Waals surface area contributed by atoms with E-state index in [0.29, 0.717) is 12.5 Å². The van der Waals surface area contributed by atoms with Gasteiger partial charge in [-0.1, -0.05) is 13.0 Å². The molecule has 0 aromatic heterocycles. The normalized spacial score (nSPS) is 12.2. The van der Waals surface area contributed by atoms with Crippen molar-refractivity contribution in [2.24, 2.45) is 5.92 Å².